The van der Waals surface area contributed by atoms with E-state index in [2.05, 4.69) is 50.8 Å². The lowest BCUT2D eigenvalue weighted by Gasteiger charge is -2.41. The van der Waals surface area contributed by atoms with Gasteiger partial charge in [0.15, 0.2) is 5.78 Å². The van der Waals surface area contributed by atoms with Gasteiger partial charge in [-0.2, -0.15) is 0 Å². The molecule has 1 saturated heterocycles. The van der Waals surface area contributed by atoms with Gasteiger partial charge in [-0.1, -0.05) is 30.7 Å². The van der Waals surface area contributed by atoms with Gasteiger partial charge in [0.2, 0.25) is 0 Å². The van der Waals surface area contributed by atoms with E-state index in [0.29, 0.717) is 12.2 Å². The summed E-state index contributed by atoms with van der Waals surface area (Å²) in [6, 6.07) is 6.35. The van der Waals surface area contributed by atoms with E-state index < -0.39 is 0 Å². The highest BCUT2D eigenvalue weighted by atomic mass is 16.5. The fraction of sp³-hybridized carbons (Fsp3) is 0.611. The molecule has 1 aliphatic rings. The second-order valence-corrected chi connectivity index (χ2v) is 6.26. The fourth-order valence-electron chi connectivity index (χ4n) is 3.01. The van der Waals surface area contributed by atoms with Crippen LogP contribution in [0.2, 0.25) is 0 Å². The van der Waals surface area contributed by atoms with Gasteiger partial charge in [-0.3, -0.25) is 9.69 Å². The molecule has 1 aromatic rings. The Labute approximate surface area is 128 Å². The normalized spacial score (nSPS) is 19.2. The van der Waals surface area contributed by atoms with Gasteiger partial charge in [0.05, 0.1) is 18.8 Å². The molecule has 0 amide bonds. The molecule has 1 unspecified atom stereocenters. The summed E-state index contributed by atoms with van der Waals surface area (Å²) >= 11 is 0. The number of carbonyl (C=O) groups is 1. The van der Waals surface area contributed by atoms with Crippen molar-refractivity contribution in [3.8, 4) is 0 Å². The monoisotopic (exact) mass is 289 g/mol. The van der Waals surface area contributed by atoms with Crippen molar-refractivity contribution in [2.24, 2.45) is 0 Å². The number of aryl methyl sites for hydroxylation is 2. The molecule has 3 heteroatoms. The number of nitrogens with zero attached hydrogens (tertiary/aromatic N) is 1. The van der Waals surface area contributed by atoms with Crippen LogP contribution in [-0.2, 0) is 16.0 Å². The number of ether oxygens (including phenoxy) is 1. The number of ketones is 1. The SMILES string of the molecule is CCC(C)(C(=O)Cc1cc(C)ccc1C)N1CCOCC1. The Hall–Kier alpha value is -1.19. The Bertz CT molecular complexity index is 506. The van der Waals surface area contributed by atoms with Gasteiger partial charge in [-0.25, -0.2) is 0 Å². The zero-order chi connectivity index (χ0) is 15.5. The third-order valence-corrected chi connectivity index (χ3v) is 4.85. The summed E-state index contributed by atoms with van der Waals surface area (Å²) in [5.41, 5.74) is 3.20. The van der Waals surface area contributed by atoms with Crippen molar-refractivity contribution >= 4 is 5.78 Å². The molecule has 0 aliphatic carbocycles. The molecule has 0 radical (unpaired) electrons. The zero-order valence-electron chi connectivity index (χ0n) is 13.7. The standard InChI is InChI=1S/C18H27NO2/c1-5-18(4,19-8-10-21-11-9-19)17(20)13-16-12-14(2)6-7-15(16)3/h6-7,12H,5,8-11,13H2,1-4H3. The average molecular weight is 289 g/mol. The molecule has 1 atom stereocenters. The molecular formula is C18H27NO2. The summed E-state index contributed by atoms with van der Waals surface area (Å²) in [6.45, 7) is 11.5. The smallest absolute Gasteiger partial charge is 0.157 e. The van der Waals surface area contributed by atoms with Crippen molar-refractivity contribution in [1.29, 1.82) is 0 Å². The van der Waals surface area contributed by atoms with E-state index in [-0.39, 0.29) is 5.54 Å². The molecule has 21 heavy (non-hydrogen) atoms. The molecule has 1 aromatic carbocycles. The van der Waals surface area contributed by atoms with Crippen LogP contribution in [-0.4, -0.2) is 42.5 Å². The highest BCUT2D eigenvalue weighted by Crippen LogP contribution is 2.25. The number of Topliss-reactive ketones (excluding diaryl/α,β-unsaturated/α-hetero) is 1. The van der Waals surface area contributed by atoms with Crippen LogP contribution < -0.4 is 0 Å². The average Bonchev–Trinajstić information content (AvgIpc) is 2.51. The van der Waals surface area contributed by atoms with Crippen LogP contribution in [0.5, 0.6) is 0 Å². The first-order valence-corrected chi connectivity index (χ1v) is 7.89. The number of rotatable bonds is 5. The van der Waals surface area contributed by atoms with Crippen molar-refractivity contribution in [1.82, 2.24) is 4.90 Å². The second-order valence-electron chi connectivity index (χ2n) is 6.26. The first-order valence-electron chi connectivity index (χ1n) is 7.89. The summed E-state index contributed by atoms with van der Waals surface area (Å²) in [7, 11) is 0. The van der Waals surface area contributed by atoms with E-state index in [1.807, 2.05) is 0 Å². The van der Waals surface area contributed by atoms with Gasteiger partial charge in [-0.15, -0.1) is 0 Å². The minimum atomic E-state index is -0.375. The molecule has 0 spiro atoms. The number of carbonyl (C=O) groups excluding carboxylic acids is 1. The molecular weight excluding hydrogens is 262 g/mol. The lowest BCUT2D eigenvalue weighted by molar-refractivity contribution is -0.133. The minimum Gasteiger partial charge on any atom is -0.379 e. The van der Waals surface area contributed by atoms with E-state index in [4.69, 9.17) is 4.74 Å². The topological polar surface area (TPSA) is 29.5 Å². The molecule has 116 valence electrons. The van der Waals surface area contributed by atoms with Gasteiger partial charge in [0.25, 0.3) is 0 Å². The van der Waals surface area contributed by atoms with E-state index in [1.165, 1.54) is 11.1 Å². The highest BCUT2D eigenvalue weighted by molar-refractivity contribution is 5.90. The maximum Gasteiger partial charge on any atom is 0.157 e. The largest absolute Gasteiger partial charge is 0.379 e. The summed E-state index contributed by atoms with van der Waals surface area (Å²) in [4.78, 5) is 15.2. The maximum atomic E-state index is 12.9. The number of hydrogen-bond acceptors (Lipinski definition) is 3. The first kappa shape index (κ1) is 16.2. The maximum absolute atomic E-state index is 12.9. The van der Waals surface area contributed by atoms with Crippen molar-refractivity contribution in [2.75, 3.05) is 26.3 Å². The Morgan fingerprint density at radius 2 is 1.95 bits per heavy atom. The quantitative estimate of drug-likeness (QED) is 0.834. The van der Waals surface area contributed by atoms with Crippen LogP contribution in [0, 0.1) is 13.8 Å². The Morgan fingerprint density at radius 3 is 2.57 bits per heavy atom. The fourth-order valence-corrected chi connectivity index (χ4v) is 3.01. The zero-order valence-corrected chi connectivity index (χ0v) is 13.7. The molecule has 0 N–H and O–H groups in total. The van der Waals surface area contributed by atoms with E-state index in [0.717, 1.165) is 38.3 Å². The van der Waals surface area contributed by atoms with Crippen molar-refractivity contribution < 1.29 is 9.53 Å². The summed E-state index contributed by atoms with van der Waals surface area (Å²) in [5, 5.41) is 0. The molecule has 2 rings (SSSR count). The number of benzene rings is 1. The minimum absolute atomic E-state index is 0.320. The molecule has 3 nitrogen and oxygen atoms in total. The Balaban J connectivity index is 2.17. The van der Waals surface area contributed by atoms with Gasteiger partial charge in [0, 0.05) is 19.5 Å². The molecule has 0 saturated carbocycles. The van der Waals surface area contributed by atoms with Crippen LogP contribution in [0.15, 0.2) is 18.2 Å². The van der Waals surface area contributed by atoms with Crippen molar-refractivity contribution in [2.45, 2.75) is 46.1 Å². The molecule has 0 bridgehead atoms. The van der Waals surface area contributed by atoms with Gasteiger partial charge in [-0.05, 0) is 38.3 Å². The van der Waals surface area contributed by atoms with Crippen LogP contribution in [0.25, 0.3) is 0 Å². The van der Waals surface area contributed by atoms with Crippen LogP contribution >= 0.6 is 0 Å². The van der Waals surface area contributed by atoms with E-state index >= 15 is 0 Å². The van der Waals surface area contributed by atoms with Gasteiger partial charge in [0.1, 0.15) is 0 Å². The first-order chi connectivity index (χ1) is 9.97. The third-order valence-electron chi connectivity index (χ3n) is 4.85. The van der Waals surface area contributed by atoms with Crippen molar-refractivity contribution in [3.05, 3.63) is 34.9 Å². The van der Waals surface area contributed by atoms with E-state index in [9.17, 15) is 4.79 Å². The second kappa shape index (κ2) is 6.71. The van der Waals surface area contributed by atoms with Crippen LogP contribution in [0.3, 0.4) is 0 Å². The van der Waals surface area contributed by atoms with Crippen LogP contribution in [0.1, 0.15) is 37.0 Å². The summed E-state index contributed by atoms with van der Waals surface area (Å²) in [6.07, 6.45) is 1.37. The van der Waals surface area contributed by atoms with Gasteiger partial charge < -0.3 is 4.74 Å². The number of hydrogen-bond donors (Lipinski definition) is 0. The van der Waals surface area contributed by atoms with Crippen molar-refractivity contribution in [3.63, 3.8) is 0 Å². The Kier molecular flexibility index (Phi) is 5.17. The summed E-state index contributed by atoms with van der Waals surface area (Å²) < 4.78 is 5.42. The van der Waals surface area contributed by atoms with E-state index in [1.54, 1.807) is 0 Å². The molecule has 1 heterocycles. The third kappa shape index (κ3) is 3.53. The lowest BCUT2D eigenvalue weighted by atomic mass is 9.86. The van der Waals surface area contributed by atoms with Crippen LogP contribution in [0.4, 0.5) is 0 Å². The number of morpholine rings is 1. The molecule has 1 aliphatic heterocycles. The summed E-state index contributed by atoms with van der Waals surface area (Å²) in [5.74, 6) is 0.320. The van der Waals surface area contributed by atoms with Gasteiger partial charge >= 0.3 is 0 Å². The Morgan fingerprint density at radius 1 is 1.29 bits per heavy atom. The highest BCUT2D eigenvalue weighted by Gasteiger charge is 2.37. The molecule has 1 fully saturated rings. The predicted octanol–water partition coefficient (Wildman–Crippen LogP) is 2.92. The molecule has 0 aromatic heterocycles. The predicted molar refractivity (Wildman–Crippen MR) is 85.7 cm³/mol. The lowest BCUT2D eigenvalue weighted by Crippen LogP contribution is -2.56.